The summed E-state index contributed by atoms with van der Waals surface area (Å²) in [6.07, 6.45) is 1.79. The molecule has 0 bridgehead atoms. The molecule has 1 aromatic heterocycles. The SMILES string of the molecule is CN=C(NCCCS(C)(=O)=O)NCc1oc2ccccc2c1C.I. The first-order valence-electron chi connectivity index (χ1n) is 7.50. The molecule has 0 aliphatic rings. The van der Waals surface area contributed by atoms with Crippen molar-refractivity contribution in [3.05, 3.63) is 35.6 Å². The first-order valence-corrected chi connectivity index (χ1v) is 9.56. The minimum atomic E-state index is -2.92. The largest absolute Gasteiger partial charge is 0.459 e. The summed E-state index contributed by atoms with van der Waals surface area (Å²) in [6.45, 7) is 3.10. The summed E-state index contributed by atoms with van der Waals surface area (Å²) in [5.41, 5.74) is 1.98. The van der Waals surface area contributed by atoms with Crippen LogP contribution in [-0.4, -0.2) is 40.0 Å². The average Bonchev–Trinajstić information content (AvgIpc) is 2.82. The molecule has 0 atom stereocenters. The third kappa shape index (κ3) is 5.97. The number of furan rings is 1. The van der Waals surface area contributed by atoms with Crippen LogP contribution >= 0.6 is 24.0 Å². The van der Waals surface area contributed by atoms with Crippen molar-refractivity contribution in [2.75, 3.05) is 25.6 Å². The Morgan fingerprint density at radius 1 is 1.25 bits per heavy atom. The second kappa shape index (κ2) is 9.26. The van der Waals surface area contributed by atoms with Gasteiger partial charge in [0.1, 0.15) is 21.2 Å². The molecule has 2 N–H and O–H groups in total. The van der Waals surface area contributed by atoms with Crippen LogP contribution < -0.4 is 10.6 Å². The van der Waals surface area contributed by atoms with Gasteiger partial charge in [0.15, 0.2) is 5.96 Å². The van der Waals surface area contributed by atoms with E-state index >= 15 is 0 Å². The van der Waals surface area contributed by atoms with Crippen molar-refractivity contribution in [2.24, 2.45) is 4.99 Å². The summed E-state index contributed by atoms with van der Waals surface area (Å²) >= 11 is 0. The highest BCUT2D eigenvalue weighted by Crippen LogP contribution is 2.24. The molecule has 0 saturated carbocycles. The molecule has 0 aliphatic carbocycles. The van der Waals surface area contributed by atoms with Gasteiger partial charge in [0.05, 0.1) is 12.3 Å². The van der Waals surface area contributed by atoms with Crippen LogP contribution in [0.4, 0.5) is 0 Å². The van der Waals surface area contributed by atoms with E-state index < -0.39 is 9.84 Å². The molecule has 1 heterocycles. The van der Waals surface area contributed by atoms with Crippen molar-refractivity contribution in [1.29, 1.82) is 0 Å². The van der Waals surface area contributed by atoms with Crippen LogP contribution in [0, 0.1) is 6.92 Å². The van der Waals surface area contributed by atoms with Gasteiger partial charge < -0.3 is 15.1 Å². The molecule has 0 saturated heterocycles. The van der Waals surface area contributed by atoms with Gasteiger partial charge in [-0.25, -0.2) is 8.42 Å². The maximum Gasteiger partial charge on any atom is 0.191 e. The van der Waals surface area contributed by atoms with Crippen LogP contribution in [0.3, 0.4) is 0 Å². The normalized spacial score (nSPS) is 12.0. The number of halogens is 1. The quantitative estimate of drug-likeness (QED) is 0.297. The number of benzene rings is 1. The Hall–Kier alpha value is -1.29. The molecule has 2 aromatic rings. The predicted molar refractivity (Wildman–Crippen MR) is 109 cm³/mol. The smallest absolute Gasteiger partial charge is 0.191 e. The van der Waals surface area contributed by atoms with Gasteiger partial charge in [-0.3, -0.25) is 4.99 Å². The lowest BCUT2D eigenvalue weighted by molar-refractivity contribution is 0.534. The number of nitrogens with zero attached hydrogens (tertiary/aromatic N) is 1. The first kappa shape index (κ1) is 20.8. The summed E-state index contributed by atoms with van der Waals surface area (Å²) in [5, 5.41) is 7.39. The molecule has 6 nitrogen and oxygen atoms in total. The maximum absolute atomic E-state index is 11.1. The van der Waals surface area contributed by atoms with Gasteiger partial charge in [-0.1, -0.05) is 18.2 Å². The van der Waals surface area contributed by atoms with Crippen molar-refractivity contribution < 1.29 is 12.8 Å². The molecule has 1 aromatic carbocycles. The van der Waals surface area contributed by atoms with Crippen LogP contribution in [0.15, 0.2) is 33.7 Å². The van der Waals surface area contributed by atoms with Crippen molar-refractivity contribution in [3.8, 4) is 0 Å². The minimum Gasteiger partial charge on any atom is -0.459 e. The Bertz CT molecular complexity index is 800. The fourth-order valence-corrected chi connectivity index (χ4v) is 2.99. The Morgan fingerprint density at radius 2 is 1.96 bits per heavy atom. The standard InChI is InChI=1S/C16H23N3O3S.HI/c1-12-13-7-4-5-8-14(13)22-15(12)11-19-16(17-2)18-9-6-10-23(3,20)21;/h4-5,7-8H,6,9-11H2,1-3H3,(H2,17,18,19);1H. The Balaban J connectivity index is 0.00000288. The molecule has 2 rings (SSSR count). The molecule has 24 heavy (non-hydrogen) atoms. The van der Waals surface area contributed by atoms with Crippen LogP contribution in [0.2, 0.25) is 0 Å². The molecule has 0 radical (unpaired) electrons. The van der Waals surface area contributed by atoms with Crippen molar-refractivity contribution in [2.45, 2.75) is 19.9 Å². The lowest BCUT2D eigenvalue weighted by Crippen LogP contribution is -2.37. The predicted octanol–water partition coefficient (Wildman–Crippen LogP) is 2.46. The number of hydrogen-bond acceptors (Lipinski definition) is 4. The summed E-state index contributed by atoms with van der Waals surface area (Å²) in [4.78, 5) is 4.12. The van der Waals surface area contributed by atoms with Crippen LogP contribution in [-0.2, 0) is 16.4 Å². The lowest BCUT2D eigenvalue weighted by atomic mass is 10.1. The average molecular weight is 465 g/mol. The number of sulfone groups is 1. The Kier molecular flexibility index (Phi) is 8.01. The van der Waals surface area contributed by atoms with Gasteiger partial charge in [-0.2, -0.15) is 0 Å². The summed E-state index contributed by atoms with van der Waals surface area (Å²) < 4.78 is 28.0. The van der Waals surface area contributed by atoms with E-state index in [4.69, 9.17) is 4.42 Å². The molecular formula is C16H24IN3O3S. The monoisotopic (exact) mass is 465 g/mol. The third-order valence-electron chi connectivity index (χ3n) is 3.57. The number of hydrogen-bond donors (Lipinski definition) is 2. The topological polar surface area (TPSA) is 83.7 Å². The maximum atomic E-state index is 11.1. The minimum absolute atomic E-state index is 0. The van der Waals surface area contributed by atoms with E-state index in [0.717, 1.165) is 22.3 Å². The molecular weight excluding hydrogens is 441 g/mol. The summed E-state index contributed by atoms with van der Waals surface area (Å²) in [7, 11) is -1.24. The van der Waals surface area contributed by atoms with Gasteiger partial charge in [0, 0.05) is 30.8 Å². The highest BCUT2D eigenvalue weighted by atomic mass is 127. The Morgan fingerprint density at radius 3 is 2.58 bits per heavy atom. The lowest BCUT2D eigenvalue weighted by Gasteiger charge is -2.11. The van der Waals surface area contributed by atoms with Crippen LogP contribution in [0.5, 0.6) is 0 Å². The van der Waals surface area contributed by atoms with E-state index in [1.54, 1.807) is 7.05 Å². The number of rotatable bonds is 6. The third-order valence-corrected chi connectivity index (χ3v) is 4.60. The number of guanidine groups is 1. The highest BCUT2D eigenvalue weighted by Gasteiger charge is 2.10. The van der Waals surface area contributed by atoms with Crippen LogP contribution in [0.25, 0.3) is 11.0 Å². The molecule has 0 unspecified atom stereocenters. The second-order valence-corrected chi connectivity index (χ2v) is 7.74. The van der Waals surface area contributed by atoms with Crippen molar-refractivity contribution in [3.63, 3.8) is 0 Å². The van der Waals surface area contributed by atoms with Gasteiger partial charge in [-0.15, -0.1) is 24.0 Å². The number of aryl methyl sites for hydroxylation is 1. The summed E-state index contributed by atoms with van der Waals surface area (Å²) in [6, 6.07) is 7.93. The second-order valence-electron chi connectivity index (χ2n) is 5.48. The van der Waals surface area contributed by atoms with Crippen molar-refractivity contribution >= 4 is 50.7 Å². The molecule has 8 heteroatoms. The zero-order valence-corrected chi connectivity index (χ0v) is 17.3. The highest BCUT2D eigenvalue weighted by molar-refractivity contribution is 14.0. The molecule has 0 fully saturated rings. The van der Waals surface area contributed by atoms with E-state index in [0.29, 0.717) is 25.5 Å². The van der Waals surface area contributed by atoms with Gasteiger partial charge >= 0.3 is 0 Å². The van der Waals surface area contributed by atoms with E-state index in [-0.39, 0.29) is 29.7 Å². The van der Waals surface area contributed by atoms with E-state index in [2.05, 4.69) is 15.6 Å². The van der Waals surface area contributed by atoms with Gasteiger partial charge in [-0.05, 0) is 19.4 Å². The molecule has 0 aliphatic heterocycles. The number of nitrogens with one attached hydrogen (secondary N) is 2. The van der Waals surface area contributed by atoms with E-state index in [9.17, 15) is 8.42 Å². The number of para-hydroxylation sites is 1. The fraction of sp³-hybridized carbons (Fsp3) is 0.438. The zero-order valence-electron chi connectivity index (χ0n) is 14.1. The van der Waals surface area contributed by atoms with Gasteiger partial charge in [0.25, 0.3) is 0 Å². The zero-order chi connectivity index (χ0) is 16.9. The van der Waals surface area contributed by atoms with Gasteiger partial charge in [0.2, 0.25) is 0 Å². The first-order chi connectivity index (χ1) is 10.9. The summed E-state index contributed by atoms with van der Waals surface area (Å²) in [5.74, 6) is 1.66. The Labute approximate surface area is 160 Å². The van der Waals surface area contributed by atoms with E-state index in [1.807, 2.05) is 31.2 Å². The fourth-order valence-electron chi connectivity index (χ4n) is 2.32. The molecule has 0 spiro atoms. The molecule has 0 amide bonds. The molecule has 134 valence electrons. The number of fused-ring (bicyclic) bond motifs is 1. The van der Waals surface area contributed by atoms with Crippen LogP contribution in [0.1, 0.15) is 17.7 Å². The van der Waals surface area contributed by atoms with E-state index in [1.165, 1.54) is 6.26 Å². The number of aliphatic imine (C=N–C) groups is 1. The van der Waals surface area contributed by atoms with Crippen molar-refractivity contribution in [1.82, 2.24) is 10.6 Å².